The number of ether oxygens (including phenoxy) is 2. The second-order valence-electron chi connectivity index (χ2n) is 9.59. The van der Waals surface area contributed by atoms with E-state index in [4.69, 9.17) is 9.47 Å². The van der Waals surface area contributed by atoms with Gasteiger partial charge in [0.1, 0.15) is 17.2 Å². The average molecular weight is 537 g/mol. The van der Waals surface area contributed by atoms with E-state index < -0.39 is 22.9 Å². The van der Waals surface area contributed by atoms with Crippen LogP contribution in [0.3, 0.4) is 0 Å². The van der Waals surface area contributed by atoms with Gasteiger partial charge >= 0.3 is 0 Å². The molecule has 1 aromatic heterocycles. The molecular weight excluding hydrogens is 508 g/mol. The van der Waals surface area contributed by atoms with E-state index in [1.165, 1.54) is 23.7 Å². The van der Waals surface area contributed by atoms with Crippen molar-refractivity contribution < 1.29 is 19.4 Å². The van der Waals surface area contributed by atoms with Crippen molar-refractivity contribution in [2.75, 3.05) is 27.3 Å². The largest absolute Gasteiger partial charge is 0.494 e. The van der Waals surface area contributed by atoms with Gasteiger partial charge in [-0.1, -0.05) is 48.0 Å². The van der Waals surface area contributed by atoms with Gasteiger partial charge < -0.3 is 19.5 Å². The number of aryl methyl sites for hydroxylation is 1. The fourth-order valence-corrected chi connectivity index (χ4v) is 5.25. The highest BCUT2D eigenvalue weighted by atomic mass is 16.5. The first-order valence-corrected chi connectivity index (χ1v) is 12.8. The number of methoxy groups -OCH3 is 2. The van der Waals surface area contributed by atoms with Gasteiger partial charge in [-0.15, -0.1) is 0 Å². The summed E-state index contributed by atoms with van der Waals surface area (Å²) in [4.78, 5) is 33.1. The zero-order valence-electron chi connectivity index (χ0n) is 22.4. The van der Waals surface area contributed by atoms with Crippen LogP contribution in [-0.2, 0) is 0 Å². The number of carbonyl (C=O) groups is 1. The summed E-state index contributed by atoms with van der Waals surface area (Å²) in [5, 5.41) is 21.2. The molecule has 1 saturated heterocycles. The van der Waals surface area contributed by atoms with Gasteiger partial charge in [0.05, 0.1) is 25.9 Å². The van der Waals surface area contributed by atoms with E-state index in [9.17, 15) is 20.0 Å². The van der Waals surface area contributed by atoms with Gasteiger partial charge in [0.2, 0.25) is 5.88 Å². The van der Waals surface area contributed by atoms with Crippen LogP contribution >= 0.6 is 0 Å². The van der Waals surface area contributed by atoms with Gasteiger partial charge in [0.15, 0.2) is 11.4 Å². The molecule has 0 spiro atoms. The van der Waals surface area contributed by atoms with Gasteiger partial charge in [0, 0.05) is 24.6 Å². The summed E-state index contributed by atoms with van der Waals surface area (Å²) in [7, 11) is 2.96. The number of nitrogens with zero attached hydrogens (tertiary/aromatic N) is 4. The Morgan fingerprint density at radius 3 is 2.42 bits per heavy atom. The third-order valence-electron chi connectivity index (χ3n) is 7.18. The van der Waals surface area contributed by atoms with Gasteiger partial charge in [-0.3, -0.25) is 14.2 Å². The summed E-state index contributed by atoms with van der Waals surface area (Å²) in [5.41, 5.74) is 1.90. The Hall–Kier alpha value is -5.10. The van der Waals surface area contributed by atoms with Crippen molar-refractivity contribution in [2.45, 2.75) is 19.3 Å². The molecule has 1 N–H and O–H groups in total. The standard InChI is InChI=1S/C31H28N4O5/c1-19-8-6-10-20(16-19)28-33-29(36)26(31(38)35(28)27-24(39-2)12-7-13-25(27)40-3)30(37)34-15-14-22(18-34)23-11-5-4-9-21(23)17-32/h4-13,16,22,38H,14-15,18H2,1-3H3. The number of nitriles is 1. The summed E-state index contributed by atoms with van der Waals surface area (Å²) in [6.07, 6.45) is 0.620. The molecule has 40 heavy (non-hydrogen) atoms. The van der Waals surface area contributed by atoms with Crippen LogP contribution in [0.15, 0.2) is 71.5 Å². The summed E-state index contributed by atoms with van der Waals surface area (Å²) >= 11 is 0. The van der Waals surface area contributed by atoms with Crippen molar-refractivity contribution in [3.8, 4) is 40.5 Å². The maximum atomic E-state index is 13.8. The van der Waals surface area contributed by atoms with E-state index in [0.717, 1.165) is 11.1 Å². The van der Waals surface area contributed by atoms with Crippen LogP contribution in [0.4, 0.5) is 0 Å². The number of aromatic nitrogens is 2. The Balaban J connectivity index is 1.66. The number of hydrogen-bond donors (Lipinski definition) is 1. The highest BCUT2D eigenvalue weighted by Gasteiger charge is 2.34. The van der Waals surface area contributed by atoms with Crippen molar-refractivity contribution in [1.29, 1.82) is 5.26 Å². The minimum absolute atomic E-state index is 0.0713. The lowest BCUT2D eigenvalue weighted by Gasteiger charge is -2.22. The number of amides is 1. The number of rotatable bonds is 6. The minimum atomic E-state index is -0.843. The Bertz CT molecular complexity index is 1680. The number of para-hydroxylation sites is 1. The van der Waals surface area contributed by atoms with Crippen LogP contribution in [0.1, 0.15) is 39.4 Å². The second-order valence-corrected chi connectivity index (χ2v) is 9.59. The van der Waals surface area contributed by atoms with Gasteiger partial charge in [-0.25, -0.2) is 0 Å². The van der Waals surface area contributed by atoms with E-state index >= 15 is 0 Å². The number of carbonyl (C=O) groups excluding carboxylic acids is 1. The van der Waals surface area contributed by atoms with Gasteiger partial charge in [-0.2, -0.15) is 10.2 Å². The molecule has 202 valence electrons. The first-order chi connectivity index (χ1) is 19.4. The third-order valence-corrected chi connectivity index (χ3v) is 7.18. The van der Waals surface area contributed by atoms with Crippen LogP contribution in [0.5, 0.6) is 17.4 Å². The van der Waals surface area contributed by atoms with Crippen LogP contribution in [-0.4, -0.2) is 52.8 Å². The minimum Gasteiger partial charge on any atom is -0.494 e. The predicted molar refractivity (Wildman–Crippen MR) is 149 cm³/mol. The van der Waals surface area contributed by atoms with E-state index in [1.54, 1.807) is 36.4 Å². The summed E-state index contributed by atoms with van der Waals surface area (Å²) in [6, 6.07) is 21.9. The SMILES string of the molecule is COc1cccc(OC)c1-n1c(-c2cccc(C)c2)nc(=O)c(C(=O)N2CCC(c3ccccc3C#N)C2)c1O. The maximum Gasteiger partial charge on any atom is 0.290 e. The van der Waals surface area contributed by atoms with Crippen LogP contribution in [0.25, 0.3) is 17.1 Å². The summed E-state index contributed by atoms with van der Waals surface area (Å²) in [5.74, 6) is -0.440. The Labute approximate surface area is 231 Å². The molecule has 1 aliphatic heterocycles. The Morgan fingerprint density at radius 1 is 1.05 bits per heavy atom. The Morgan fingerprint density at radius 2 is 1.75 bits per heavy atom. The van der Waals surface area contributed by atoms with Crippen molar-refractivity contribution in [3.05, 3.63) is 99.3 Å². The highest BCUT2D eigenvalue weighted by molar-refractivity contribution is 5.97. The van der Waals surface area contributed by atoms with Crippen molar-refractivity contribution >= 4 is 5.91 Å². The quantitative estimate of drug-likeness (QED) is 0.387. The van der Waals surface area contributed by atoms with E-state index in [2.05, 4.69) is 11.1 Å². The normalized spacial score (nSPS) is 14.6. The molecule has 0 aliphatic carbocycles. The molecule has 0 bridgehead atoms. The molecule has 9 heteroatoms. The predicted octanol–water partition coefficient (Wildman–Crippen LogP) is 4.43. The first kappa shape index (κ1) is 26.5. The van der Waals surface area contributed by atoms with E-state index in [1.807, 2.05) is 37.3 Å². The fourth-order valence-electron chi connectivity index (χ4n) is 5.25. The average Bonchev–Trinajstić information content (AvgIpc) is 3.47. The molecule has 9 nitrogen and oxygen atoms in total. The molecular formula is C31H28N4O5. The topological polar surface area (TPSA) is 118 Å². The van der Waals surface area contributed by atoms with Crippen molar-refractivity contribution in [1.82, 2.24) is 14.5 Å². The molecule has 1 atom stereocenters. The zero-order chi connectivity index (χ0) is 28.4. The van der Waals surface area contributed by atoms with Crippen LogP contribution in [0.2, 0.25) is 0 Å². The van der Waals surface area contributed by atoms with Gasteiger partial charge in [-0.05, 0) is 43.2 Å². The smallest absolute Gasteiger partial charge is 0.290 e. The fraction of sp³-hybridized carbons (Fsp3) is 0.226. The molecule has 5 rings (SSSR count). The number of benzene rings is 3. The molecule has 4 aromatic rings. The van der Waals surface area contributed by atoms with E-state index in [-0.39, 0.29) is 11.7 Å². The molecule has 1 unspecified atom stereocenters. The molecule has 1 fully saturated rings. The lowest BCUT2D eigenvalue weighted by molar-refractivity contribution is 0.0784. The van der Waals surface area contributed by atoms with Crippen molar-refractivity contribution in [2.24, 2.45) is 0 Å². The number of likely N-dealkylation sites (tertiary alicyclic amines) is 1. The third kappa shape index (κ3) is 4.64. The number of hydrogen-bond acceptors (Lipinski definition) is 7. The maximum absolute atomic E-state index is 13.8. The van der Waals surface area contributed by atoms with Crippen LogP contribution < -0.4 is 15.0 Å². The Kier molecular flexibility index (Phi) is 7.25. The molecule has 3 aromatic carbocycles. The molecule has 0 radical (unpaired) electrons. The molecule has 2 heterocycles. The summed E-state index contributed by atoms with van der Waals surface area (Å²) < 4.78 is 12.5. The zero-order valence-corrected chi connectivity index (χ0v) is 22.4. The number of aromatic hydroxyl groups is 1. The van der Waals surface area contributed by atoms with E-state index in [0.29, 0.717) is 47.8 Å². The van der Waals surface area contributed by atoms with Gasteiger partial charge in [0.25, 0.3) is 11.5 Å². The summed E-state index contributed by atoms with van der Waals surface area (Å²) in [6.45, 7) is 2.56. The second kappa shape index (κ2) is 10.9. The first-order valence-electron chi connectivity index (χ1n) is 12.8. The highest BCUT2D eigenvalue weighted by Crippen LogP contribution is 2.39. The van der Waals surface area contributed by atoms with Crippen LogP contribution in [0, 0.1) is 18.3 Å². The molecule has 1 aliphatic rings. The van der Waals surface area contributed by atoms with Crippen molar-refractivity contribution in [3.63, 3.8) is 0 Å². The molecule has 1 amide bonds. The lowest BCUT2D eigenvalue weighted by atomic mass is 9.94. The molecule has 0 saturated carbocycles. The monoisotopic (exact) mass is 536 g/mol. The lowest BCUT2D eigenvalue weighted by Crippen LogP contribution is -2.34.